The van der Waals surface area contributed by atoms with Gasteiger partial charge in [-0.2, -0.15) is 0 Å². The van der Waals surface area contributed by atoms with Gasteiger partial charge < -0.3 is 24.8 Å². The highest BCUT2D eigenvalue weighted by Gasteiger charge is 2.27. The average Bonchev–Trinajstić information content (AvgIpc) is 3.23. The molecular formula is C19H28N4O2. The number of urea groups is 1. The number of hydrogen-bond donors (Lipinski definition) is 2. The van der Waals surface area contributed by atoms with E-state index in [2.05, 4.69) is 29.3 Å². The molecule has 2 amide bonds. The molecule has 6 nitrogen and oxygen atoms in total. The molecule has 25 heavy (non-hydrogen) atoms. The third-order valence-corrected chi connectivity index (χ3v) is 4.90. The number of fused-ring (bicyclic) bond motifs is 1. The minimum Gasteiger partial charge on any atom is -0.493 e. The summed E-state index contributed by atoms with van der Waals surface area (Å²) >= 11 is 0. The number of nitrogens with zero attached hydrogens (tertiary/aromatic N) is 2. The van der Waals surface area contributed by atoms with Gasteiger partial charge in [-0.15, -0.1) is 0 Å². The number of rotatable bonds is 6. The minimum absolute atomic E-state index is 0.0363. The Labute approximate surface area is 149 Å². The molecule has 136 valence electrons. The maximum Gasteiger partial charge on any atom is 0.317 e. The molecule has 1 aromatic heterocycles. The number of hydrogen-bond acceptors (Lipinski definition) is 3. The summed E-state index contributed by atoms with van der Waals surface area (Å²) in [6, 6.07) is 6.53. The van der Waals surface area contributed by atoms with Crippen molar-refractivity contribution in [3.8, 4) is 5.75 Å². The molecule has 1 atom stereocenters. The van der Waals surface area contributed by atoms with Crippen LogP contribution >= 0.6 is 0 Å². The first-order chi connectivity index (χ1) is 12.1. The van der Waals surface area contributed by atoms with E-state index in [1.807, 2.05) is 36.2 Å². The normalized spacial score (nSPS) is 17.4. The Morgan fingerprint density at radius 3 is 3.00 bits per heavy atom. The third kappa shape index (κ3) is 3.90. The van der Waals surface area contributed by atoms with Crippen LogP contribution in [0.3, 0.4) is 0 Å². The van der Waals surface area contributed by atoms with Gasteiger partial charge in [0, 0.05) is 42.8 Å². The lowest BCUT2D eigenvalue weighted by atomic mass is 10.1. The molecule has 1 aliphatic heterocycles. The van der Waals surface area contributed by atoms with Gasteiger partial charge in [0.2, 0.25) is 0 Å². The predicted molar refractivity (Wildman–Crippen MR) is 100 cm³/mol. The Balaban J connectivity index is 1.57. The first-order valence-corrected chi connectivity index (χ1v) is 9.01. The number of aromatic nitrogens is 1. The number of benzene rings is 1. The molecule has 0 radical (unpaired) electrons. The minimum atomic E-state index is 0.0363. The molecule has 0 unspecified atom stereocenters. The first kappa shape index (κ1) is 17.6. The summed E-state index contributed by atoms with van der Waals surface area (Å²) in [6.07, 6.45) is 3.83. The number of H-pyrrole nitrogens is 1. The maximum atomic E-state index is 12.3. The van der Waals surface area contributed by atoms with E-state index >= 15 is 0 Å². The van der Waals surface area contributed by atoms with Crippen molar-refractivity contribution in [3.05, 3.63) is 30.0 Å². The van der Waals surface area contributed by atoms with Gasteiger partial charge in [-0.25, -0.2) is 4.79 Å². The molecule has 2 aromatic rings. The summed E-state index contributed by atoms with van der Waals surface area (Å²) in [6.45, 7) is 4.89. The van der Waals surface area contributed by atoms with E-state index in [-0.39, 0.29) is 6.03 Å². The van der Waals surface area contributed by atoms with Crippen molar-refractivity contribution in [1.29, 1.82) is 0 Å². The number of amides is 2. The first-order valence-electron chi connectivity index (χ1n) is 9.01. The van der Waals surface area contributed by atoms with E-state index in [0.717, 1.165) is 42.6 Å². The smallest absolute Gasteiger partial charge is 0.317 e. The number of ether oxygens (including phenoxy) is 1. The fraction of sp³-hybridized carbons (Fsp3) is 0.526. The van der Waals surface area contributed by atoms with Crippen LogP contribution in [0.1, 0.15) is 18.9 Å². The van der Waals surface area contributed by atoms with Gasteiger partial charge >= 0.3 is 6.03 Å². The van der Waals surface area contributed by atoms with Gasteiger partial charge in [-0.1, -0.05) is 6.07 Å². The molecule has 1 saturated heterocycles. The van der Waals surface area contributed by atoms with Crippen LogP contribution in [0, 0.1) is 0 Å². The van der Waals surface area contributed by atoms with Crippen molar-refractivity contribution in [1.82, 2.24) is 20.1 Å². The largest absolute Gasteiger partial charge is 0.493 e. The number of likely N-dealkylation sites (tertiary alicyclic amines) is 1. The summed E-state index contributed by atoms with van der Waals surface area (Å²) in [7, 11) is 4.14. The predicted octanol–water partition coefficient (Wildman–Crippen LogP) is 2.45. The van der Waals surface area contributed by atoms with Crippen molar-refractivity contribution >= 4 is 16.9 Å². The van der Waals surface area contributed by atoms with Gasteiger partial charge in [-0.05, 0) is 51.6 Å². The number of carbonyl (C=O) groups is 1. The highest BCUT2D eigenvalue weighted by molar-refractivity contribution is 5.89. The quantitative estimate of drug-likeness (QED) is 0.846. The molecule has 1 fully saturated rings. The lowest BCUT2D eigenvalue weighted by Crippen LogP contribution is -2.41. The monoisotopic (exact) mass is 344 g/mol. The second-order valence-electron chi connectivity index (χ2n) is 6.76. The third-order valence-electron chi connectivity index (χ3n) is 4.90. The van der Waals surface area contributed by atoms with Crippen LogP contribution < -0.4 is 10.1 Å². The molecule has 2 N–H and O–H groups in total. The Bertz CT molecular complexity index is 725. The van der Waals surface area contributed by atoms with E-state index in [0.29, 0.717) is 19.2 Å². The lowest BCUT2D eigenvalue weighted by Gasteiger charge is -2.20. The summed E-state index contributed by atoms with van der Waals surface area (Å²) in [4.78, 5) is 19.7. The Morgan fingerprint density at radius 2 is 2.28 bits per heavy atom. The van der Waals surface area contributed by atoms with Gasteiger partial charge in [0.1, 0.15) is 5.75 Å². The summed E-state index contributed by atoms with van der Waals surface area (Å²) in [5, 5.41) is 4.17. The summed E-state index contributed by atoms with van der Waals surface area (Å²) in [5.41, 5.74) is 2.24. The van der Waals surface area contributed by atoms with E-state index in [1.54, 1.807) is 0 Å². The van der Waals surface area contributed by atoms with E-state index in [4.69, 9.17) is 4.74 Å². The molecule has 1 aliphatic rings. The van der Waals surface area contributed by atoms with Crippen LogP contribution in [0.25, 0.3) is 10.9 Å². The van der Waals surface area contributed by atoms with Crippen LogP contribution in [0.15, 0.2) is 24.4 Å². The number of carbonyl (C=O) groups excluding carboxylic acids is 1. The van der Waals surface area contributed by atoms with Crippen LogP contribution in [-0.4, -0.2) is 67.2 Å². The zero-order valence-electron chi connectivity index (χ0n) is 15.3. The molecule has 3 rings (SSSR count). The zero-order valence-corrected chi connectivity index (χ0v) is 15.3. The Morgan fingerprint density at radius 1 is 1.44 bits per heavy atom. The Kier molecular flexibility index (Phi) is 5.48. The van der Waals surface area contributed by atoms with Crippen LogP contribution in [-0.2, 0) is 6.42 Å². The molecule has 0 saturated carbocycles. The average molecular weight is 344 g/mol. The highest BCUT2D eigenvalue weighted by Crippen LogP contribution is 2.29. The molecule has 0 bridgehead atoms. The highest BCUT2D eigenvalue weighted by atomic mass is 16.5. The standard InChI is InChI=1S/C19H28N4O2/c1-4-25-17-7-5-6-16-18(17)14(12-21-16)8-10-20-19(24)23-11-9-15(13-23)22(2)3/h5-7,12,15,21H,4,8-11,13H2,1-3H3,(H,20,24)/t15-/m0/s1. The zero-order chi connectivity index (χ0) is 17.8. The van der Waals surface area contributed by atoms with Gasteiger partial charge in [-0.3, -0.25) is 0 Å². The fourth-order valence-corrected chi connectivity index (χ4v) is 3.46. The number of nitrogens with one attached hydrogen (secondary N) is 2. The van der Waals surface area contributed by atoms with E-state index < -0.39 is 0 Å². The topological polar surface area (TPSA) is 60.6 Å². The fourth-order valence-electron chi connectivity index (χ4n) is 3.46. The van der Waals surface area contributed by atoms with Gasteiger partial charge in [0.15, 0.2) is 0 Å². The summed E-state index contributed by atoms with van der Waals surface area (Å²) < 4.78 is 5.74. The maximum absolute atomic E-state index is 12.3. The van der Waals surface area contributed by atoms with Crippen molar-refractivity contribution in [2.45, 2.75) is 25.8 Å². The van der Waals surface area contributed by atoms with E-state index in [1.165, 1.54) is 5.56 Å². The second kappa shape index (κ2) is 7.78. The van der Waals surface area contributed by atoms with Crippen molar-refractivity contribution in [3.63, 3.8) is 0 Å². The SMILES string of the molecule is CCOc1cccc2[nH]cc(CCNC(=O)N3CC[C@H](N(C)C)C3)c12. The lowest BCUT2D eigenvalue weighted by molar-refractivity contribution is 0.203. The molecule has 1 aromatic carbocycles. The molecule has 6 heteroatoms. The number of aromatic amines is 1. The van der Waals surface area contributed by atoms with E-state index in [9.17, 15) is 4.79 Å². The molecular weight excluding hydrogens is 316 g/mol. The van der Waals surface area contributed by atoms with Gasteiger partial charge in [0.05, 0.1) is 6.61 Å². The second-order valence-corrected chi connectivity index (χ2v) is 6.76. The molecule has 2 heterocycles. The van der Waals surface area contributed by atoms with Crippen LogP contribution in [0.5, 0.6) is 5.75 Å². The van der Waals surface area contributed by atoms with Crippen molar-refractivity contribution in [2.75, 3.05) is 40.3 Å². The van der Waals surface area contributed by atoms with Crippen molar-refractivity contribution < 1.29 is 9.53 Å². The molecule has 0 aliphatic carbocycles. The van der Waals surface area contributed by atoms with Crippen LogP contribution in [0.2, 0.25) is 0 Å². The number of likely N-dealkylation sites (N-methyl/N-ethyl adjacent to an activating group) is 1. The van der Waals surface area contributed by atoms with Crippen LogP contribution in [0.4, 0.5) is 4.79 Å². The van der Waals surface area contributed by atoms with Gasteiger partial charge in [0.25, 0.3) is 0 Å². The molecule has 0 spiro atoms. The summed E-state index contributed by atoms with van der Waals surface area (Å²) in [5.74, 6) is 0.899. The Hall–Kier alpha value is -2.21. The van der Waals surface area contributed by atoms with Crippen molar-refractivity contribution in [2.24, 2.45) is 0 Å².